The van der Waals surface area contributed by atoms with Crippen molar-refractivity contribution in [2.45, 2.75) is 129 Å². The molecule has 0 aliphatic carbocycles. The van der Waals surface area contributed by atoms with Crippen LogP contribution in [0.4, 0.5) is 24.0 Å². The third kappa shape index (κ3) is 22.4. The maximum absolute atomic E-state index is 14.4. The molecule has 5 N–H and O–H groups in total. The zero-order chi connectivity index (χ0) is 62.7. The van der Waals surface area contributed by atoms with Crippen LogP contribution in [0.25, 0.3) is 0 Å². The van der Waals surface area contributed by atoms with Crippen LogP contribution in [-0.2, 0) is 109 Å². The van der Waals surface area contributed by atoms with E-state index < -0.39 is 128 Å². The minimum Gasteiger partial charge on any atom is -0.461 e. The zero-order valence-corrected chi connectivity index (χ0v) is 48.0. The molecule has 10 atom stereocenters. The molecule has 1 aliphatic rings. The molecule has 26 heteroatoms. The molecule has 5 aromatic carbocycles. The normalized spacial score (nSPS) is 17.6. The van der Waals surface area contributed by atoms with Gasteiger partial charge in [-0.2, -0.15) is 0 Å². The number of amides is 5. The van der Waals surface area contributed by atoms with Gasteiger partial charge in [-0.05, 0) is 62.4 Å². The summed E-state index contributed by atoms with van der Waals surface area (Å²) < 4.78 is 61.8. The molecule has 5 amide bonds. The van der Waals surface area contributed by atoms with E-state index in [9.17, 15) is 47.9 Å². The van der Waals surface area contributed by atoms with Crippen molar-refractivity contribution in [2.75, 3.05) is 6.61 Å². The van der Waals surface area contributed by atoms with Crippen molar-refractivity contribution in [3.05, 3.63) is 179 Å². The summed E-state index contributed by atoms with van der Waals surface area (Å²) in [5.41, 5.74) is 3.03. The van der Waals surface area contributed by atoms with Gasteiger partial charge in [0.15, 0.2) is 12.2 Å². The summed E-state index contributed by atoms with van der Waals surface area (Å²) in [7, 11) is 0. The molecular weight excluding hydrogens is 1140 g/mol. The fourth-order valence-corrected chi connectivity index (χ4v) is 7.73. The van der Waals surface area contributed by atoms with Crippen molar-refractivity contribution in [1.29, 1.82) is 0 Å². The highest BCUT2D eigenvalue weighted by atomic mass is 16.8. The first-order valence-corrected chi connectivity index (χ1v) is 27.3. The Morgan fingerprint density at radius 1 is 0.322 bits per heavy atom. The maximum Gasteiger partial charge on any atom is 0.408 e. The van der Waals surface area contributed by atoms with Crippen LogP contribution in [0.3, 0.4) is 0 Å². The van der Waals surface area contributed by atoms with Crippen molar-refractivity contribution < 1.29 is 100 Å². The molecule has 0 saturated carbocycles. The summed E-state index contributed by atoms with van der Waals surface area (Å²) in [5.74, 6) is -6.42. The molecule has 1 heterocycles. The summed E-state index contributed by atoms with van der Waals surface area (Å²) in [6.45, 7) is 3.93. The summed E-state index contributed by atoms with van der Waals surface area (Å²) in [4.78, 5) is 136. The van der Waals surface area contributed by atoms with Gasteiger partial charge in [0.1, 0.15) is 76.0 Å². The van der Waals surface area contributed by atoms with Crippen molar-refractivity contribution in [2.24, 2.45) is 0 Å². The van der Waals surface area contributed by atoms with Gasteiger partial charge in [0, 0.05) is 0 Å². The van der Waals surface area contributed by atoms with E-state index in [0.29, 0.717) is 27.8 Å². The highest BCUT2D eigenvalue weighted by Gasteiger charge is 2.55. The lowest BCUT2D eigenvalue weighted by atomic mass is 9.97. The summed E-state index contributed by atoms with van der Waals surface area (Å²) >= 11 is 0. The quantitative estimate of drug-likeness (QED) is 0.0308. The number of alkyl carbamates (subject to hydrolysis) is 5. The lowest BCUT2D eigenvalue weighted by Crippen LogP contribution is -2.65. The molecule has 87 heavy (non-hydrogen) atoms. The minimum absolute atomic E-state index is 0.166. The number of esters is 5. The third-order valence-corrected chi connectivity index (χ3v) is 12.5. The van der Waals surface area contributed by atoms with Crippen LogP contribution < -0.4 is 26.6 Å². The van der Waals surface area contributed by atoms with Gasteiger partial charge in [0.05, 0.1) is 0 Å². The molecule has 0 aromatic heterocycles. The van der Waals surface area contributed by atoms with Crippen molar-refractivity contribution in [3.8, 4) is 0 Å². The van der Waals surface area contributed by atoms with Gasteiger partial charge in [-0.25, -0.2) is 47.9 Å². The Morgan fingerprint density at radius 2 is 0.563 bits per heavy atom. The second-order valence-corrected chi connectivity index (χ2v) is 19.5. The number of benzene rings is 5. The highest BCUT2D eigenvalue weighted by Crippen LogP contribution is 2.31. The molecule has 1 saturated heterocycles. The van der Waals surface area contributed by atoms with Gasteiger partial charge >= 0.3 is 60.3 Å². The van der Waals surface area contributed by atoms with E-state index in [0.717, 1.165) is 0 Å². The van der Waals surface area contributed by atoms with E-state index in [1.165, 1.54) is 34.6 Å². The number of nitrogens with one attached hydrogen (secondary N) is 5. The molecule has 26 nitrogen and oxygen atoms in total. The summed E-state index contributed by atoms with van der Waals surface area (Å²) in [6, 6.07) is 34.8. The fraction of sp³-hybridized carbons (Fsp3) is 0.344. The monoisotopic (exact) mass is 1210 g/mol. The van der Waals surface area contributed by atoms with Crippen LogP contribution in [0.15, 0.2) is 152 Å². The van der Waals surface area contributed by atoms with Gasteiger partial charge in [0.25, 0.3) is 0 Å². The predicted octanol–water partition coefficient (Wildman–Crippen LogP) is 6.11. The molecule has 5 aromatic rings. The van der Waals surface area contributed by atoms with Crippen LogP contribution in [-0.4, -0.2) is 128 Å². The maximum atomic E-state index is 14.4. The van der Waals surface area contributed by atoms with Crippen LogP contribution in [0.5, 0.6) is 0 Å². The van der Waals surface area contributed by atoms with Crippen LogP contribution in [0, 0.1) is 0 Å². The van der Waals surface area contributed by atoms with Gasteiger partial charge in [-0.1, -0.05) is 152 Å². The van der Waals surface area contributed by atoms with Gasteiger partial charge < -0.3 is 78.7 Å². The first kappa shape index (κ1) is 65.9. The molecule has 1 fully saturated rings. The van der Waals surface area contributed by atoms with E-state index in [4.69, 9.17) is 52.1 Å². The molecule has 6 rings (SSSR count). The SMILES string of the molecule is C[C@H](NC(=O)OCc1ccccc1)C(=O)O[C@H]1OC(COC(=O)[C@@H](C)NC(=O)OCc2ccccc2)[C@@H](OC(=O)[C@@H](C)NC(=O)OCc2ccccc2)C(OC(=O)[C@@H](C)NC(=O)OCc2ccccc2)C1OC(=O)[C@@H](C)NC(=O)OCc1ccccc1. The standard InChI is InChI=1S/C61H67N5O21/c1-37(62-57(72)78-31-42-21-11-6-12-22-42)51(67)77-36-47-48(84-52(68)38(2)63-58(73)79-32-43-23-13-7-14-24-43)49(85-53(69)39(3)64-59(74)80-33-44-25-15-8-16-26-44)50(86-54(70)40(4)65-60(75)81-34-45-27-17-9-18-28-45)56(83-47)87-55(71)41(5)66-61(76)82-35-46-29-19-10-20-30-46/h6-30,37-41,47-50,56H,31-36H2,1-5H3,(H,62,72)(H,63,73)(H,64,74)(H,65,75)(H,66,76)/t37-,38-,39-,40-,41+,47?,48-,49?,50?,56-/m1/s1. The lowest BCUT2D eigenvalue weighted by molar-refractivity contribution is -0.302. The Balaban J connectivity index is 1.33. The van der Waals surface area contributed by atoms with Crippen molar-refractivity contribution >= 4 is 60.3 Å². The Bertz CT molecular complexity index is 3070. The van der Waals surface area contributed by atoms with Gasteiger partial charge in [0.2, 0.25) is 12.4 Å². The van der Waals surface area contributed by atoms with Crippen molar-refractivity contribution in [3.63, 3.8) is 0 Å². The average molecular weight is 1210 g/mol. The Hall–Kier alpha value is -10.2. The lowest BCUT2D eigenvalue weighted by Gasteiger charge is -2.44. The van der Waals surface area contributed by atoms with Crippen LogP contribution in [0.2, 0.25) is 0 Å². The first-order chi connectivity index (χ1) is 41.8. The number of carbonyl (C=O) groups is 10. The van der Waals surface area contributed by atoms with E-state index in [1.807, 2.05) is 0 Å². The topological polar surface area (TPSA) is 332 Å². The van der Waals surface area contributed by atoms with Gasteiger partial charge in [-0.3, -0.25) is 0 Å². The van der Waals surface area contributed by atoms with E-state index in [-0.39, 0.29) is 33.0 Å². The zero-order valence-electron chi connectivity index (χ0n) is 48.0. The van der Waals surface area contributed by atoms with Gasteiger partial charge in [-0.15, -0.1) is 0 Å². The van der Waals surface area contributed by atoms with E-state index in [2.05, 4.69) is 26.6 Å². The number of hydrogen-bond donors (Lipinski definition) is 5. The largest absolute Gasteiger partial charge is 0.461 e. The summed E-state index contributed by atoms with van der Waals surface area (Å²) in [6.07, 6.45) is -16.2. The molecule has 0 spiro atoms. The average Bonchev–Trinajstić information content (AvgIpc) is 1.82. The number of hydrogen-bond acceptors (Lipinski definition) is 21. The number of carbonyl (C=O) groups excluding carboxylic acids is 10. The van der Waals surface area contributed by atoms with E-state index in [1.54, 1.807) is 152 Å². The Kier molecular flexibility index (Phi) is 25.7. The molecule has 3 unspecified atom stereocenters. The fourth-order valence-electron chi connectivity index (χ4n) is 7.73. The highest BCUT2D eigenvalue weighted by molar-refractivity contribution is 5.84. The predicted molar refractivity (Wildman–Crippen MR) is 301 cm³/mol. The molecule has 462 valence electrons. The number of rotatable bonds is 26. The third-order valence-electron chi connectivity index (χ3n) is 12.5. The van der Waals surface area contributed by atoms with Crippen molar-refractivity contribution in [1.82, 2.24) is 26.6 Å². The van der Waals surface area contributed by atoms with E-state index >= 15 is 0 Å². The molecule has 0 radical (unpaired) electrons. The molecule has 0 bridgehead atoms. The Labute approximate surface area is 500 Å². The second-order valence-electron chi connectivity index (χ2n) is 19.5. The van der Waals surface area contributed by atoms with Crippen LogP contribution >= 0.6 is 0 Å². The summed E-state index contributed by atoms with van der Waals surface area (Å²) in [5, 5.41) is 11.6. The minimum atomic E-state index is -2.29. The van der Waals surface area contributed by atoms with Crippen LogP contribution in [0.1, 0.15) is 62.4 Å². The Morgan fingerprint density at radius 3 is 0.851 bits per heavy atom. The number of ether oxygens (including phenoxy) is 11. The molecule has 1 aliphatic heterocycles. The first-order valence-electron chi connectivity index (χ1n) is 27.3. The second kappa shape index (κ2) is 33.9. The smallest absolute Gasteiger partial charge is 0.408 e. The molecular formula is C61H67N5O21.